The van der Waals surface area contributed by atoms with Crippen molar-refractivity contribution in [3.8, 4) is 0 Å². The van der Waals surface area contributed by atoms with Crippen molar-refractivity contribution in [1.82, 2.24) is 9.88 Å². The zero-order chi connectivity index (χ0) is 18.2. The molecule has 0 atom stereocenters. The van der Waals surface area contributed by atoms with E-state index in [1.165, 1.54) is 0 Å². The van der Waals surface area contributed by atoms with Gasteiger partial charge in [0.1, 0.15) is 5.82 Å². The third kappa shape index (κ3) is 5.73. The number of amides is 1. The summed E-state index contributed by atoms with van der Waals surface area (Å²) in [5, 5.41) is 3.75. The first-order valence-corrected chi connectivity index (χ1v) is 10.4. The molecule has 0 saturated carbocycles. The Morgan fingerprint density at radius 1 is 1.19 bits per heavy atom. The Morgan fingerprint density at radius 2 is 1.96 bits per heavy atom. The highest BCUT2D eigenvalue weighted by Crippen LogP contribution is 2.27. The lowest BCUT2D eigenvalue weighted by atomic mass is 9.96. The Labute approximate surface area is 164 Å². The van der Waals surface area contributed by atoms with E-state index in [1.807, 2.05) is 48.2 Å². The number of hydrogen-bond donors (Lipinski definition) is 1. The molecule has 0 spiro atoms. The lowest BCUT2D eigenvalue weighted by Crippen LogP contribution is -2.38. The molecule has 0 unspecified atom stereocenters. The van der Waals surface area contributed by atoms with Crippen LogP contribution in [0.1, 0.15) is 19.3 Å². The molecule has 0 bridgehead atoms. The average Bonchev–Trinajstić information content (AvgIpc) is 2.68. The summed E-state index contributed by atoms with van der Waals surface area (Å²) in [6.07, 6.45) is 4.65. The summed E-state index contributed by atoms with van der Waals surface area (Å²) >= 11 is 7.99. The van der Waals surface area contributed by atoms with Crippen LogP contribution >= 0.6 is 23.4 Å². The maximum Gasteiger partial charge on any atom is 0.228 e. The summed E-state index contributed by atoms with van der Waals surface area (Å²) < 4.78 is 0. The van der Waals surface area contributed by atoms with Crippen LogP contribution in [0.2, 0.25) is 5.02 Å². The van der Waals surface area contributed by atoms with E-state index in [4.69, 9.17) is 11.6 Å². The second-order valence-corrected chi connectivity index (χ2v) is 8.00. The number of hydrogen-bond acceptors (Lipinski definition) is 4. The fourth-order valence-corrected chi connectivity index (χ4v) is 4.29. The van der Waals surface area contributed by atoms with Crippen molar-refractivity contribution >= 4 is 35.1 Å². The number of nitrogens with zero attached hydrogens (tertiary/aromatic N) is 2. The molecule has 138 valence electrons. The number of aromatic nitrogens is 1. The van der Waals surface area contributed by atoms with Gasteiger partial charge in [0.15, 0.2) is 0 Å². The second-order valence-electron chi connectivity index (χ2n) is 6.45. The summed E-state index contributed by atoms with van der Waals surface area (Å²) in [4.78, 5) is 20.1. The molecule has 0 radical (unpaired) electrons. The number of rotatable bonds is 7. The molecule has 1 N–H and O–H groups in total. The monoisotopic (exact) mass is 389 g/mol. The van der Waals surface area contributed by atoms with Crippen LogP contribution in [0.5, 0.6) is 0 Å². The lowest BCUT2D eigenvalue weighted by molar-refractivity contribution is -0.121. The number of carbonyl (C=O) groups excluding carboxylic acids is 1. The van der Waals surface area contributed by atoms with E-state index in [0.717, 1.165) is 54.6 Å². The molecule has 1 aromatic carbocycles. The highest BCUT2D eigenvalue weighted by Gasteiger charge is 2.24. The Kier molecular flexibility index (Phi) is 7.35. The van der Waals surface area contributed by atoms with Gasteiger partial charge in [-0.2, -0.15) is 0 Å². The highest BCUT2D eigenvalue weighted by molar-refractivity contribution is 7.99. The van der Waals surface area contributed by atoms with Crippen LogP contribution in [0.15, 0.2) is 53.6 Å². The van der Waals surface area contributed by atoms with E-state index < -0.39 is 0 Å². The summed E-state index contributed by atoms with van der Waals surface area (Å²) in [7, 11) is 0. The van der Waals surface area contributed by atoms with Crippen LogP contribution in [-0.2, 0) is 4.79 Å². The second kappa shape index (κ2) is 9.95. The van der Waals surface area contributed by atoms with Gasteiger partial charge in [0.25, 0.3) is 0 Å². The first kappa shape index (κ1) is 19.2. The number of halogens is 1. The number of benzene rings is 1. The van der Waals surface area contributed by atoms with E-state index in [0.29, 0.717) is 5.82 Å². The van der Waals surface area contributed by atoms with Crippen molar-refractivity contribution in [2.45, 2.75) is 24.2 Å². The zero-order valence-corrected chi connectivity index (χ0v) is 16.3. The maximum absolute atomic E-state index is 12.3. The van der Waals surface area contributed by atoms with Gasteiger partial charge in [0.2, 0.25) is 5.91 Å². The van der Waals surface area contributed by atoms with Crippen molar-refractivity contribution in [2.24, 2.45) is 5.92 Å². The van der Waals surface area contributed by atoms with Crippen molar-refractivity contribution in [3.63, 3.8) is 0 Å². The molecule has 1 aliphatic heterocycles. The predicted octanol–water partition coefficient (Wildman–Crippen LogP) is 4.57. The van der Waals surface area contributed by atoms with Crippen molar-refractivity contribution in [3.05, 3.63) is 53.7 Å². The minimum Gasteiger partial charge on any atom is -0.310 e. The number of likely N-dealkylation sites (tertiary alicyclic amines) is 1. The first-order valence-electron chi connectivity index (χ1n) is 9.04. The molecule has 6 heteroatoms. The molecule has 1 aliphatic rings. The van der Waals surface area contributed by atoms with Crippen molar-refractivity contribution < 1.29 is 4.79 Å². The molecule has 4 nitrogen and oxygen atoms in total. The van der Waals surface area contributed by atoms with E-state index >= 15 is 0 Å². The molecule has 1 saturated heterocycles. The van der Waals surface area contributed by atoms with Gasteiger partial charge in [-0.05, 0) is 68.9 Å². The topological polar surface area (TPSA) is 45.2 Å². The molecule has 1 amide bonds. The van der Waals surface area contributed by atoms with Gasteiger partial charge < -0.3 is 10.2 Å². The summed E-state index contributed by atoms with van der Waals surface area (Å²) in [5.74, 6) is 1.88. The fourth-order valence-electron chi connectivity index (χ4n) is 3.12. The molecule has 1 fully saturated rings. The minimum absolute atomic E-state index is 0.0887. The smallest absolute Gasteiger partial charge is 0.228 e. The number of piperidine rings is 1. The fraction of sp³-hybridized carbons (Fsp3) is 0.400. The first-order chi connectivity index (χ1) is 12.7. The van der Waals surface area contributed by atoms with Crippen LogP contribution in [0.4, 0.5) is 5.82 Å². The summed E-state index contributed by atoms with van der Waals surface area (Å²) in [6.45, 7) is 3.04. The largest absolute Gasteiger partial charge is 0.310 e. The molecule has 3 rings (SSSR count). The van der Waals surface area contributed by atoms with Crippen LogP contribution in [-0.4, -0.2) is 41.2 Å². The SMILES string of the molecule is O=C(Nc1ccccn1)C1CCN(CCCSc2ccccc2Cl)CC1. The third-order valence-corrected chi connectivity index (χ3v) is 6.19. The van der Waals surface area contributed by atoms with E-state index in [2.05, 4.69) is 21.3 Å². The number of thioether (sulfide) groups is 1. The summed E-state index contributed by atoms with van der Waals surface area (Å²) in [5.41, 5.74) is 0. The van der Waals surface area contributed by atoms with E-state index in [1.54, 1.807) is 6.20 Å². The van der Waals surface area contributed by atoms with Crippen molar-refractivity contribution in [1.29, 1.82) is 0 Å². The van der Waals surface area contributed by atoms with Gasteiger partial charge in [-0.15, -0.1) is 11.8 Å². The molecular formula is C20H24ClN3OS. The van der Waals surface area contributed by atoms with Gasteiger partial charge in [0, 0.05) is 17.0 Å². The average molecular weight is 390 g/mol. The molecule has 26 heavy (non-hydrogen) atoms. The third-order valence-electron chi connectivity index (χ3n) is 4.59. The van der Waals surface area contributed by atoms with Gasteiger partial charge in [-0.25, -0.2) is 4.98 Å². The standard InChI is InChI=1S/C20H24ClN3OS/c21-17-6-1-2-7-18(17)26-15-5-12-24-13-9-16(10-14-24)20(25)23-19-8-3-4-11-22-19/h1-4,6-8,11,16H,5,9-10,12-15H2,(H,22,23,25). The summed E-state index contributed by atoms with van der Waals surface area (Å²) in [6, 6.07) is 13.5. The van der Waals surface area contributed by atoms with E-state index in [9.17, 15) is 4.79 Å². The van der Waals surface area contributed by atoms with Crippen LogP contribution < -0.4 is 5.32 Å². The van der Waals surface area contributed by atoms with Gasteiger partial charge in [-0.3, -0.25) is 4.79 Å². The molecule has 2 heterocycles. The highest BCUT2D eigenvalue weighted by atomic mass is 35.5. The van der Waals surface area contributed by atoms with Crippen LogP contribution in [0, 0.1) is 5.92 Å². The zero-order valence-electron chi connectivity index (χ0n) is 14.7. The Morgan fingerprint density at radius 3 is 2.69 bits per heavy atom. The quantitative estimate of drug-likeness (QED) is 0.556. The molecule has 0 aliphatic carbocycles. The predicted molar refractivity (Wildman–Crippen MR) is 109 cm³/mol. The number of carbonyl (C=O) groups is 1. The normalized spacial score (nSPS) is 15.7. The number of nitrogens with one attached hydrogen (secondary N) is 1. The van der Waals surface area contributed by atoms with Gasteiger partial charge in [-0.1, -0.05) is 29.8 Å². The van der Waals surface area contributed by atoms with E-state index in [-0.39, 0.29) is 11.8 Å². The van der Waals surface area contributed by atoms with Gasteiger partial charge >= 0.3 is 0 Å². The molecular weight excluding hydrogens is 366 g/mol. The molecule has 1 aromatic heterocycles. The maximum atomic E-state index is 12.3. The number of pyridine rings is 1. The van der Waals surface area contributed by atoms with Crippen LogP contribution in [0.25, 0.3) is 0 Å². The Hall–Kier alpha value is -1.56. The molecule has 2 aromatic rings. The van der Waals surface area contributed by atoms with Gasteiger partial charge in [0.05, 0.1) is 5.02 Å². The van der Waals surface area contributed by atoms with Crippen LogP contribution in [0.3, 0.4) is 0 Å². The minimum atomic E-state index is 0.0887. The van der Waals surface area contributed by atoms with Crippen molar-refractivity contribution in [2.75, 3.05) is 30.7 Å². The lowest BCUT2D eigenvalue weighted by Gasteiger charge is -2.31. The Bertz CT molecular complexity index is 705. The number of anilines is 1. The Balaban J connectivity index is 1.33.